The van der Waals surface area contributed by atoms with E-state index in [1.165, 1.54) is 18.7 Å². The normalized spacial score (nSPS) is 10.8. The fourth-order valence-corrected chi connectivity index (χ4v) is 2.77. The molecule has 0 fully saturated rings. The van der Waals surface area contributed by atoms with Gasteiger partial charge in [0.05, 0.1) is 18.2 Å². The van der Waals surface area contributed by atoms with Gasteiger partial charge in [0, 0.05) is 20.6 Å². The molecule has 1 aromatic carbocycles. The number of nitriles is 1. The summed E-state index contributed by atoms with van der Waals surface area (Å²) in [6.07, 6.45) is 0. The molecular weight excluding hydrogens is 336 g/mol. The topological polar surface area (TPSA) is 121 Å². The molecule has 0 aliphatic heterocycles. The molecular formula is C17H18N6O3. The minimum Gasteiger partial charge on any atom is -0.463 e. The molecule has 3 aromatic rings. The quantitative estimate of drug-likeness (QED) is 0.671. The molecule has 2 N–H and O–H groups in total. The van der Waals surface area contributed by atoms with Crippen LogP contribution in [0.4, 0.5) is 0 Å². The molecule has 2 heterocycles. The maximum Gasteiger partial charge on any atom is 0.332 e. The van der Waals surface area contributed by atoms with Crippen LogP contribution >= 0.6 is 0 Å². The Labute approximate surface area is 148 Å². The van der Waals surface area contributed by atoms with Crippen molar-refractivity contribution in [3.8, 4) is 12.1 Å². The Morgan fingerprint density at radius 1 is 1.23 bits per heavy atom. The summed E-state index contributed by atoms with van der Waals surface area (Å²) in [5.74, 6) is 0. The van der Waals surface area contributed by atoms with E-state index in [0.717, 1.165) is 4.57 Å². The van der Waals surface area contributed by atoms with Gasteiger partial charge < -0.3 is 10.5 Å². The Morgan fingerprint density at radius 3 is 2.65 bits per heavy atom. The first-order chi connectivity index (χ1) is 12.5. The zero-order valence-corrected chi connectivity index (χ0v) is 14.5. The lowest BCUT2D eigenvalue weighted by Crippen LogP contribution is -2.37. The Kier molecular flexibility index (Phi) is 4.60. The van der Waals surface area contributed by atoms with E-state index >= 15 is 0 Å². The summed E-state index contributed by atoms with van der Waals surface area (Å²) in [4.78, 5) is 29.2. The monoisotopic (exact) mass is 354 g/mol. The van der Waals surface area contributed by atoms with Crippen LogP contribution in [-0.4, -0.2) is 31.8 Å². The van der Waals surface area contributed by atoms with E-state index in [0.29, 0.717) is 11.1 Å². The summed E-state index contributed by atoms with van der Waals surface area (Å²) in [6, 6.07) is 9.38. The number of benzene rings is 1. The van der Waals surface area contributed by atoms with Gasteiger partial charge in [-0.3, -0.25) is 18.5 Å². The third-order valence-electron chi connectivity index (χ3n) is 4.13. The number of imidazole rings is 1. The van der Waals surface area contributed by atoms with Crippen molar-refractivity contribution < 1.29 is 4.74 Å². The van der Waals surface area contributed by atoms with Crippen LogP contribution in [0, 0.1) is 11.3 Å². The van der Waals surface area contributed by atoms with Gasteiger partial charge in [-0.1, -0.05) is 18.2 Å². The predicted octanol–water partition coefficient (Wildman–Crippen LogP) is -0.309. The van der Waals surface area contributed by atoms with Crippen LogP contribution < -0.4 is 21.7 Å². The van der Waals surface area contributed by atoms with Crippen molar-refractivity contribution in [3.05, 3.63) is 56.2 Å². The van der Waals surface area contributed by atoms with Crippen molar-refractivity contribution in [2.24, 2.45) is 19.8 Å². The Morgan fingerprint density at radius 2 is 1.96 bits per heavy atom. The number of hydrogen-bond acceptors (Lipinski definition) is 6. The molecule has 134 valence electrons. The molecule has 0 amide bonds. The van der Waals surface area contributed by atoms with Crippen LogP contribution in [0.25, 0.3) is 11.2 Å². The zero-order valence-electron chi connectivity index (χ0n) is 14.5. The van der Waals surface area contributed by atoms with Crippen molar-refractivity contribution in [2.75, 3.05) is 13.2 Å². The third-order valence-corrected chi connectivity index (χ3v) is 4.13. The molecule has 9 nitrogen and oxygen atoms in total. The Hall–Kier alpha value is -3.38. The number of nitrogens with two attached hydrogens (primary N) is 1. The molecule has 0 aliphatic rings. The van der Waals surface area contributed by atoms with Crippen LogP contribution in [-0.2, 0) is 20.6 Å². The second-order valence-corrected chi connectivity index (χ2v) is 5.76. The number of hydrogen-bond donors (Lipinski definition) is 1. The molecule has 0 aliphatic carbocycles. The van der Waals surface area contributed by atoms with Gasteiger partial charge in [-0.15, -0.1) is 0 Å². The molecule has 0 radical (unpaired) electrons. The first kappa shape index (κ1) is 17.4. The SMILES string of the molecule is Cn1c(=O)c2c(nc(OCCN)n2Cc2ccccc2C#N)n(C)c1=O. The van der Waals surface area contributed by atoms with Gasteiger partial charge in [-0.2, -0.15) is 10.2 Å². The van der Waals surface area contributed by atoms with Crippen molar-refractivity contribution in [1.82, 2.24) is 18.7 Å². The highest BCUT2D eigenvalue weighted by atomic mass is 16.5. The van der Waals surface area contributed by atoms with E-state index in [4.69, 9.17) is 10.5 Å². The summed E-state index contributed by atoms with van der Waals surface area (Å²) in [5, 5.41) is 9.32. The lowest BCUT2D eigenvalue weighted by Gasteiger charge is -2.11. The van der Waals surface area contributed by atoms with Gasteiger partial charge >= 0.3 is 5.69 Å². The smallest absolute Gasteiger partial charge is 0.332 e. The second-order valence-electron chi connectivity index (χ2n) is 5.76. The number of ether oxygens (including phenoxy) is 1. The van der Waals surface area contributed by atoms with Crippen molar-refractivity contribution in [2.45, 2.75) is 6.54 Å². The highest BCUT2D eigenvalue weighted by Crippen LogP contribution is 2.21. The lowest BCUT2D eigenvalue weighted by molar-refractivity contribution is 0.291. The molecule has 0 atom stereocenters. The van der Waals surface area contributed by atoms with E-state index in [1.807, 2.05) is 6.07 Å². The molecule has 2 aromatic heterocycles. The molecule has 9 heteroatoms. The predicted molar refractivity (Wildman–Crippen MR) is 95.0 cm³/mol. The van der Waals surface area contributed by atoms with E-state index < -0.39 is 11.2 Å². The number of aromatic nitrogens is 4. The summed E-state index contributed by atoms with van der Waals surface area (Å²) in [7, 11) is 2.95. The number of nitrogens with zero attached hydrogens (tertiary/aromatic N) is 5. The maximum atomic E-state index is 12.7. The van der Waals surface area contributed by atoms with Gasteiger partial charge in [0.15, 0.2) is 11.2 Å². The van der Waals surface area contributed by atoms with Crippen LogP contribution in [0.2, 0.25) is 0 Å². The lowest BCUT2D eigenvalue weighted by atomic mass is 10.1. The summed E-state index contributed by atoms with van der Waals surface area (Å²) < 4.78 is 9.47. The average molecular weight is 354 g/mol. The molecule has 0 spiro atoms. The van der Waals surface area contributed by atoms with Crippen LogP contribution in [0.15, 0.2) is 33.9 Å². The third kappa shape index (κ3) is 2.76. The van der Waals surface area contributed by atoms with Crippen LogP contribution in [0.3, 0.4) is 0 Å². The van der Waals surface area contributed by atoms with Crippen LogP contribution in [0.5, 0.6) is 6.01 Å². The highest BCUT2D eigenvalue weighted by molar-refractivity contribution is 5.72. The summed E-state index contributed by atoms with van der Waals surface area (Å²) >= 11 is 0. The van der Waals surface area contributed by atoms with Crippen molar-refractivity contribution in [1.29, 1.82) is 5.26 Å². The van der Waals surface area contributed by atoms with E-state index in [9.17, 15) is 14.9 Å². The number of fused-ring (bicyclic) bond motifs is 1. The first-order valence-electron chi connectivity index (χ1n) is 7.96. The van der Waals surface area contributed by atoms with Crippen molar-refractivity contribution in [3.63, 3.8) is 0 Å². The van der Waals surface area contributed by atoms with Gasteiger partial charge in [0.1, 0.15) is 6.61 Å². The average Bonchev–Trinajstić information content (AvgIpc) is 3.01. The largest absolute Gasteiger partial charge is 0.463 e. The zero-order chi connectivity index (χ0) is 18.8. The molecule has 0 unspecified atom stereocenters. The minimum atomic E-state index is -0.479. The number of rotatable bonds is 5. The summed E-state index contributed by atoms with van der Waals surface area (Å²) in [5.41, 5.74) is 6.20. The molecule has 26 heavy (non-hydrogen) atoms. The number of aryl methyl sites for hydroxylation is 1. The Balaban J connectivity index is 2.29. The van der Waals surface area contributed by atoms with Crippen molar-refractivity contribution >= 4 is 11.2 Å². The van der Waals surface area contributed by atoms with E-state index in [2.05, 4.69) is 11.1 Å². The molecule has 3 rings (SSSR count). The maximum absolute atomic E-state index is 12.7. The fraction of sp³-hybridized carbons (Fsp3) is 0.294. The van der Waals surface area contributed by atoms with Gasteiger partial charge in [-0.25, -0.2) is 4.79 Å². The second kappa shape index (κ2) is 6.85. The van der Waals surface area contributed by atoms with E-state index in [-0.39, 0.29) is 36.9 Å². The van der Waals surface area contributed by atoms with Crippen LogP contribution in [0.1, 0.15) is 11.1 Å². The standard InChI is InChI=1S/C17H18N6O3/c1-21-14-13(15(24)22(2)17(21)25)23(16(20-14)26-8-7-18)10-12-6-4-3-5-11(12)9-19/h3-6H,7-8,10,18H2,1-2H3. The molecule has 0 saturated heterocycles. The van der Waals surface area contributed by atoms with Gasteiger partial charge in [-0.05, 0) is 11.6 Å². The van der Waals surface area contributed by atoms with Gasteiger partial charge in [0.2, 0.25) is 0 Å². The Bertz CT molecular complexity index is 1130. The fourth-order valence-electron chi connectivity index (χ4n) is 2.77. The molecule has 0 bridgehead atoms. The van der Waals surface area contributed by atoms with Gasteiger partial charge in [0.25, 0.3) is 11.6 Å². The molecule has 0 saturated carbocycles. The first-order valence-corrected chi connectivity index (χ1v) is 7.96. The highest BCUT2D eigenvalue weighted by Gasteiger charge is 2.20. The van der Waals surface area contributed by atoms with E-state index in [1.54, 1.807) is 22.8 Å². The minimum absolute atomic E-state index is 0.177. The summed E-state index contributed by atoms with van der Waals surface area (Å²) in [6.45, 7) is 0.681.